The van der Waals surface area contributed by atoms with Gasteiger partial charge in [-0.3, -0.25) is 14.7 Å². The number of likely N-dealkylation sites (tertiary alicyclic amines) is 2. The molecule has 3 heterocycles. The molecule has 1 amide bonds. The first kappa shape index (κ1) is 17.0. The van der Waals surface area contributed by atoms with Gasteiger partial charge in [0.05, 0.1) is 5.69 Å². The summed E-state index contributed by atoms with van der Waals surface area (Å²) in [6.07, 6.45) is 10.1. The molecular formula is C21H31N3O. The van der Waals surface area contributed by atoms with Crippen LogP contribution in [0.2, 0.25) is 0 Å². The van der Waals surface area contributed by atoms with E-state index < -0.39 is 0 Å². The molecule has 4 heteroatoms. The monoisotopic (exact) mass is 341 g/mol. The van der Waals surface area contributed by atoms with Crippen molar-refractivity contribution in [2.75, 3.05) is 26.2 Å². The molecule has 136 valence electrons. The SMILES string of the molecule is CCc1ccc(CN2CCC[C@]3(CCC(=O)N(CC4CC4)C3)C2)nc1. The van der Waals surface area contributed by atoms with Crippen molar-refractivity contribution in [3.8, 4) is 0 Å². The van der Waals surface area contributed by atoms with Gasteiger partial charge in [0.15, 0.2) is 0 Å². The highest BCUT2D eigenvalue weighted by molar-refractivity contribution is 5.77. The Balaban J connectivity index is 1.39. The molecule has 1 saturated carbocycles. The van der Waals surface area contributed by atoms with Crippen LogP contribution >= 0.6 is 0 Å². The van der Waals surface area contributed by atoms with E-state index in [0.717, 1.165) is 57.9 Å². The summed E-state index contributed by atoms with van der Waals surface area (Å²) in [5.74, 6) is 1.19. The van der Waals surface area contributed by atoms with Crippen molar-refractivity contribution in [2.24, 2.45) is 11.3 Å². The highest BCUT2D eigenvalue weighted by Crippen LogP contribution is 2.40. The van der Waals surface area contributed by atoms with Gasteiger partial charge in [0.1, 0.15) is 0 Å². The Morgan fingerprint density at radius 1 is 1.24 bits per heavy atom. The van der Waals surface area contributed by atoms with Crippen LogP contribution in [0.15, 0.2) is 18.3 Å². The molecule has 25 heavy (non-hydrogen) atoms. The normalized spacial score (nSPS) is 27.9. The fourth-order valence-electron chi connectivity index (χ4n) is 4.65. The maximum atomic E-state index is 12.3. The van der Waals surface area contributed by atoms with Crippen LogP contribution in [0.1, 0.15) is 56.7 Å². The number of carbonyl (C=O) groups is 1. The second-order valence-corrected chi connectivity index (χ2v) is 8.54. The van der Waals surface area contributed by atoms with E-state index in [1.807, 2.05) is 6.20 Å². The van der Waals surface area contributed by atoms with Crippen LogP contribution in [0, 0.1) is 11.3 Å². The summed E-state index contributed by atoms with van der Waals surface area (Å²) < 4.78 is 0. The lowest BCUT2D eigenvalue weighted by molar-refractivity contribution is -0.139. The van der Waals surface area contributed by atoms with Crippen LogP contribution < -0.4 is 0 Å². The van der Waals surface area contributed by atoms with Gasteiger partial charge in [-0.1, -0.05) is 13.0 Å². The van der Waals surface area contributed by atoms with Gasteiger partial charge in [0.2, 0.25) is 5.91 Å². The fourth-order valence-corrected chi connectivity index (χ4v) is 4.65. The van der Waals surface area contributed by atoms with Gasteiger partial charge in [-0.25, -0.2) is 0 Å². The number of piperidine rings is 2. The summed E-state index contributed by atoms with van der Waals surface area (Å²) in [6, 6.07) is 4.39. The van der Waals surface area contributed by atoms with Gasteiger partial charge < -0.3 is 4.90 Å². The maximum absolute atomic E-state index is 12.3. The number of rotatable bonds is 5. The minimum absolute atomic E-state index is 0.324. The second kappa shape index (κ2) is 7.06. The smallest absolute Gasteiger partial charge is 0.222 e. The van der Waals surface area contributed by atoms with Gasteiger partial charge in [0.25, 0.3) is 0 Å². The molecule has 1 aromatic heterocycles. The number of amides is 1. The molecule has 1 aromatic rings. The molecule has 0 unspecified atom stereocenters. The molecular weight excluding hydrogens is 310 g/mol. The fraction of sp³-hybridized carbons (Fsp3) is 0.714. The summed E-state index contributed by atoms with van der Waals surface area (Å²) in [4.78, 5) is 21.7. The van der Waals surface area contributed by atoms with Crippen LogP contribution in [0.25, 0.3) is 0 Å². The predicted molar refractivity (Wildman–Crippen MR) is 99.1 cm³/mol. The summed E-state index contributed by atoms with van der Waals surface area (Å²) in [7, 11) is 0. The first-order valence-corrected chi connectivity index (χ1v) is 10.1. The Labute approximate surface area is 151 Å². The highest BCUT2D eigenvalue weighted by atomic mass is 16.2. The maximum Gasteiger partial charge on any atom is 0.222 e. The minimum atomic E-state index is 0.324. The number of pyridine rings is 1. The van der Waals surface area contributed by atoms with Crippen LogP contribution in [-0.4, -0.2) is 46.9 Å². The van der Waals surface area contributed by atoms with Crippen LogP contribution in [-0.2, 0) is 17.8 Å². The summed E-state index contributed by atoms with van der Waals surface area (Å²) in [6.45, 7) is 7.40. The molecule has 1 aliphatic carbocycles. The van der Waals surface area contributed by atoms with E-state index in [9.17, 15) is 4.79 Å². The summed E-state index contributed by atoms with van der Waals surface area (Å²) >= 11 is 0. The van der Waals surface area contributed by atoms with E-state index in [1.54, 1.807) is 0 Å². The van der Waals surface area contributed by atoms with Crippen molar-refractivity contribution in [1.29, 1.82) is 0 Å². The number of hydrogen-bond donors (Lipinski definition) is 0. The lowest BCUT2D eigenvalue weighted by Gasteiger charge is -2.48. The Hall–Kier alpha value is -1.42. The van der Waals surface area contributed by atoms with Gasteiger partial charge in [-0.05, 0) is 62.6 Å². The molecule has 2 aliphatic heterocycles. The first-order valence-electron chi connectivity index (χ1n) is 10.1. The lowest BCUT2D eigenvalue weighted by atomic mass is 9.73. The molecule has 1 atom stereocenters. The van der Waals surface area contributed by atoms with Crippen LogP contribution in [0.4, 0.5) is 0 Å². The van der Waals surface area contributed by atoms with E-state index in [2.05, 4.69) is 33.8 Å². The molecule has 3 aliphatic rings. The summed E-state index contributed by atoms with van der Waals surface area (Å²) in [5, 5.41) is 0. The van der Waals surface area contributed by atoms with Crippen molar-refractivity contribution in [3.63, 3.8) is 0 Å². The molecule has 0 aromatic carbocycles. The van der Waals surface area contributed by atoms with Crippen LogP contribution in [0.5, 0.6) is 0 Å². The standard InChI is InChI=1S/C21H31N3O/c1-2-17-6-7-19(22-12-17)14-23-11-3-9-21(15-23)10-8-20(25)24(16-21)13-18-4-5-18/h6-7,12,18H,2-5,8-11,13-16H2,1H3/t21-/m0/s1. The first-order chi connectivity index (χ1) is 12.2. The quantitative estimate of drug-likeness (QED) is 0.825. The Bertz CT molecular complexity index is 610. The molecule has 0 N–H and O–H groups in total. The largest absolute Gasteiger partial charge is 0.342 e. The molecule has 1 spiro atoms. The van der Waals surface area contributed by atoms with E-state index >= 15 is 0 Å². The third-order valence-electron chi connectivity index (χ3n) is 6.34. The van der Waals surface area contributed by atoms with Crippen molar-refractivity contribution in [3.05, 3.63) is 29.6 Å². The third kappa shape index (κ3) is 4.05. The van der Waals surface area contributed by atoms with Gasteiger partial charge in [-0.15, -0.1) is 0 Å². The molecule has 4 rings (SSSR count). The van der Waals surface area contributed by atoms with Gasteiger partial charge in [0, 0.05) is 44.2 Å². The average Bonchev–Trinajstić information content (AvgIpc) is 3.43. The minimum Gasteiger partial charge on any atom is -0.342 e. The molecule has 0 bridgehead atoms. The molecule has 4 nitrogen and oxygen atoms in total. The van der Waals surface area contributed by atoms with Gasteiger partial charge in [-0.2, -0.15) is 0 Å². The highest BCUT2D eigenvalue weighted by Gasteiger charge is 2.42. The van der Waals surface area contributed by atoms with E-state index in [0.29, 0.717) is 11.3 Å². The third-order valence-corrected chi connectivity index (χ3v) is 6.34. The zero-order valence-corrected chi connectivity index (χ0v) is 15.5. The summed E-state index contributed by atoms with van der Waals surface area (Å²) in [5.41, 5.74) is 2.81. The van der Waals surface area contributed by atoms with Crippen molar-refractivity contribution < 1.29 is 4.79 Å². The Morgan fingerprint density at radius 2 is 2.12 bits per heavy atom. The predicted octanol–water partition coefficient (Wildman–Crippen LogP) is 3.26. The zero-order valence-electron chi connectivity index (χ0n) is 15.5. The van der Waals surface area contributed by atoms with Crippen molar-refractivity contribution in [2.45, 2.75) is 58.4 Å². The molecule has 2 saturated heterocycles. The Morgan fingerprint density at radius 3 is 2.84 bits per heavy atom. The van der Waals surface area contributed by atoms with Crippen molar-refractivity contribution >= 4 is 5.91 Å². The van der Waals surface area contributed by atoms with Crippen molar-refractivity contribution in [1.82, 2.24) is 14.8 Å². The molecule has 3 fully saturated rings. The zero-order chi connectivity index (χ0) is 17.3. The number of nitrogens with zero attached hydrogens (tertiary/aromatic N) is 3. The van der Waals surface area contributed by atoms with E-state index in [-0.39, 0.29) is 0 Å². The number of aromatic nitrogens is 1. The Kier molecular flexibility index (Phi) is 4.81. The molecule has 0 radical (unpaired) electrons. The number of hydrogen-bond acceptors (Lipinski definition) is 3. The topological polar surface area (TPSA) is 36.4 Å². The lowest BCUT2D eigenvalue weighted by Crippen LogP contribution is -2.54. The second-order valence-electron chi connectivity index (χ2n) is 8.54. The number of carbonyl (C=O) groups excluding carboxylic acids is 1. The average molecular weight is 341 g/mol. The van der Waals surface area contributed by atoms with E-state index in [1.165, 1.54) is 36.9 Å². The van der Waals surface area contributed by atoms with Gasteiger partial charge >= 0.3 is 0 Å². The van der Waals surface area contributed by atoms with E-state index in [4.69, 9.17) is 0 Å². The van der Waals surface area contributed by atoms with Crippen LogP contribution in [0.3, 0.4) is 0 Å². The number of aryl methyl sites for hydroxylation is 1.